The van der Waals surface area contributed by atoms with Crippen molar-refractivity contribution in [1.82, 2.24) is 4.98 Å². The number of benzene rings is 1. The quantitative estimate of drug-likeness (QED) is 0.829. The number of hydrogen-bond acceptors (Lipinski definition) is 4. The Kier molecular flexibility index (Phi) is 4.35. The summed E-state index contributed by atoms with van der Waals surface area (Å²) in [7, 11) is -0.691. The number of hydrogen-bond donors (Lipinski definition) is 0. The predicted octanol–water partition coefficient (Wildman–Crippen LogP) is 3.81. The molecule has 1 aliphatic heterocycles. The first kappa shape index (κ1) is 16.7. The molecule has 1 saturated carbocycles. The maximum absolute atomic E-state index is 13.4. The fraction of sp³-hybridized carbons (Fsp3) is 0.500. The second kappa shape index (κ2) is 6.52. The van der Waals surface area contributed by atoms with Gasteiger partial charge in [-0.3, -0.25) is 4.21 Å². The van der Waals surface area contributed by atoms with E-state index in [1.165, 1.54) is 0 Å². The molecule has 1 atom stereocenters. The Labute approximate surface area is 147 Å². The topological polar surface area (TPSA) is 46.3 Å². The first-order valence-electron chi connectivity index (χ1n) is 8.54. The van der Waals surface area contributed by atoms with Crippen LogP contribution in [0.1, 0.15) is 31.1 Å². The predicted molar refractivity (Wildman–Crippen MR) is 93.6 cm³/mol. The van der Waals surface area contributed by atoms with Gasteiger partial charge in [-0.25, -0.2) is 13.8 Å². The number of halogens is 2. The lowest BCUT2D eigenvalue weighted by Gasteiger charge is -2.28. The minimum atomic E-state index is -2.60. The second-order valence-electron chi connectivity index (χ2n) is 6.75. The summed E-state index contributed by atoms with van der Waals surface area (Å²) in [5, 5.41) is 0. The number of nitrogens with zero attached hydrogens (tertiary/aromatic N) is 2. The molecule has 0 bridgehead atoms. The summed E-state index contributed by atoms with van der Waals surface area (Å²) >= 11 is 0. The standard InChI is InChI=1S/C18H20F2N2O2S/c19-18(20)6-5-14(11-18)17-21-16(12-24-17)13-1-3-15(4-2-13)22-7-9-25(23)10-8-22/h1-4,12,14H,5-11H2. The first-order valence-corrected chi connectivity index (χ1v) is 10.0. The minimum absolute atomic E-state index is 0.0926. The van der Waals surface area contributed by atoms with Crippen molar-refractivity contribution in [2.75, 3.05) is 29.5 Å². The number of aromatic nitrogens is 1. The SMILES string of the molecule is O=S1CCN(c2ccc(-c3coc(C4CCC(F)(F)C4)n3)cc2)CC1. The van der Waals surface area contributed by atoms with E-state index in [1.807, 2.05) is 24.3 Å². The van der Waals surface area contributed by atoms with Crippen molar-refractivity contribution in [3.8, 4) is 11.3 Å². The van der Waals surface area contributed by atoms with Gasteiger partial charge in [0, 0.05) is 65.4 Å². The summed E-state index contributed by atoms with van der Waals surface area (Å²) in [6, 6.07) is 7.96. The molecule has 134 valence electrons. The van der Waals surface area contributed by atoms with Crippen molar-refractivity contribution < 1.29 is 17.4 Å². The van der Waals surface area contributed by atoms with Crippen molar-refractivity contribution in [3.05, 3.63) is 36.4 Å². The lowest BCUT2D eigenvalue weighted by Crippen LogP contribution is -2.37. The van der Waals surface area contributed by atoms with Crippen LogP contribution in [-0.4, -0.2) is 39.7 Å². The van der Waals surface area contributed by atoms with E-state index >= 15 is 0 Å². The molecule has 1 aromatic carbocycles. The van der Waals surface area contributed by atoms with Crippen LogP contribution >= 0.6 is 0 Å². The van der Waals surface area contributed by atoms with Gasteiger partial charge in [0.1, 0.15) is 12.0 Å². The lowest BCUT2D eigenvalue weighted by atomic mass is 10.1. The van der Waals surface area contributed by atoms with Crippen molar-refractivity contribution in [2.24, 2.45) is 0 Å². The average Bonchev–Trinajstić information content (AvgIpc) is 3.22. The zero-order valence-electron chi connectivity index (χ0n) is 13.8. The molecule has 2 aliphatic rings. The maximum Gasteiger partial charge on any atom is 0.248 e. The summed E-state index contributed by atoms with van der Waals surface area (Å²) in [5.74, 6) is -1.06. The fourth-order valence-electron chi connectivity index (χ4n) is 3.51. The molecule has 2 fully saturated rings. The van der Waals surface area contributed by atoms with Crippen LogP contribution in [0.2, 0.25) is 0 Å². The Hall–Kier alpha value is -1.76. The van der Waals surface area contributed by atoms with Crippen LogP contribution in [0.4, 0.5) is 14.5 Å². The highest BCUT2D eigenvalue weighted by atomic mass is 32.2. The van der Waals surface area contributed by atoms with Gasteiger partial charge in [-0.2, -0.15) is 0 Å². The van der Waals surface area contributed by atoms with Crippen molar-refractivity contribution in [1.29, 1.82) is 0 Å². The molecular weight excluding hydrogens is 346 g/mol. The van der Waals surface area contributed by atoms with Crippen LogP contribution in [0.5, 0.6) is 0 Å². The lowest BCUT2D eigenvalue weighted by molar-refractivity contribution is 0.00704. The normalized spacial score (nSPS) is 23.9. The molecule has 1 aromatic heterocycles. The highest BCUT2D eigenvalue weighted by Crippen LogP contribution is 2.44. The van der Waals surface area contributed by atoms with Gasteiger partial charge in [0.05, 0.1) is 0 Å². The number of anilines is 1. The first-order chi connectivity index (χ1) is 12.0. The summed E-state index contributed by atoms with van der Waals surface area (Å²) in [6.07, 6.45) is 1.69. The van der Waals surface area contributed by atoms with Crippen molar-refractivity contribution in [2.45, 2.75) is 31.1 Å². The van der Waals surface area contributed by atoms with Gasteiger partial charge < -0.3 is 9.32 Å². The summed E-state index contributed by atoms with van der Waals surface area (Å²) in [6.45, 7) is 1.60. The Balaban J connectivity index is 1.47. The molecule has 25 heavy (non-hydrogen) atoms. The van der Waals surface area contributed by atoms with Gasteiger partial charge in [-0.1, -0.05) is 12.1 Å². The zero-order valence-corrected chi connectivity index (χ0v) is 14.6. The maximum atomic E-state index is 13.4. The number of oxazole rings is 1. The summed E-state index contributed by atoms with van der Waals surface area (Å²) < 4.78 is 43.6. The molecule has 0 amide bonds. The molecule has 1 unspecified atom stereocenters. The van der Waals surface area contributed by atoms with E-state index in [9.17, 15) is 13.0 Å². The summed E-state index contributed by atoms with van der Waals surface area (Å²) in [4.78, 5) is 6.65. The van der Waals surface area contributed by atoms with Crippen LogP contribution in [0.15, 0.2) is 34.9 Å². The molecule has 0 radical (unpaired) electrons. The Morgan fingerprint density at radius 1 is 1.20 bits per heavy atom. The number of alkyl halides is 2. The van der Waals surface area contributed by atoms with Gasteiger partial charge >= 0.3 is 0 Å². The highest BCUT2D eigenvalue weighted by molar-refractivity contribution is 7.85. The Bertz CT molecular complexity index is 766. The van der Waals surface area contributed by atoms with Gasteiger partial charge in [0.25, 0.3) is 0 Å². The molecule has 1 saturated heterocycles. The molecule has 4 rings (SSSR count). The molecule has 2 aromatic rings. The molecule has 7 heteroatoms. The molecule has 2 heterocycles. The largest absolute Gasteiger partial charge is 0.448 e. The summed E-state index contributed by atoms with van der Waals surface area (Å²) in [5.41, 5.74) is 2.68. The van der Waals surface area contributed by atoms with Crippen molar-refractivity contribution in [3.63, 3.8) is 0 Å². The Morgan fingerprint density at radius 2 is 1.92 bits per heavy atom. The zero-order chi connectivity index (χ0) is 17.4. The van der Waals surface area contributed by atoms with Crippen molar-refractivity contribution >= 4 is 16.5 Å². The van der Waals surface area contributed by atoms with E-state index < -0.39 is 16.7 Å². The Morgan fingerprint density at radius 3 is 2.56 bits per heavy atom. The van der Waals surface area contributed by atoms with Gasteiger partial charge in [0.2, 0.25) is 5.92 Å². The van der Waals surface area contributed by atoms with Crippen LogP contribution in [0.3, 0.4) is 0 Å². The molecular formula is C18H20F2N2O2S. The third kappa shape index (κ3) is 3.61. The van der Waals surface area contributed by atoms with Crippen LogP contribution in [-0.2, 0) is 10.8 Å². The van der Waals surface area contributed by atoms with Gasteiger partial charge in [0.15, 0.2) is 5.89 Å². The number of rotatable bonds is 3. The van der Waals surface area contributed by atoms with Gasteiger partial charge in [-0.15, -0.1) is 0 Å². The molecule has 0 N–H and O–H groups in total. The smallest absolute Gasteiger partial charge is 0.248 e. The molecule has 0 spiro atoms. The monoisotopic (exact) mass is 366 g/mol. The average molecular weight is 366 g/mol. The minimum Gasteiger partial charge on any atom is -0.448 e. The van der Waals surface area contributed by atoms with Crippen LogP contribution in [0, 0.1) is 0 Å². The molecule has 1 aliphatic carbocycles. The van der Waals surface area contributed by atoms with E-state index in [-0.39, 0.29) is 18.8 Å². The fourth-order valence-corrected chi connectivity index (χ4v) is 4.56. The van der Waals surface area contributed by atoms with E-state index in [0.717, 1.165) is 24.3 Å². The highest BCUT2D eigenvalue weighted by Gasteiger charge is 2.42. The molecule has 4 nitrogen and oxygen atoms in total. The van der Waals surface area contributed by atoms with E-state index in [0.29, 0.717) is 29.5 Å². The third-order valence-electron chi connectivity index (χ3n) is 4.98. The second-order valence-corrected chi connectivity index (χ2v) is 8.44. The van der Waals surface area contributed by atoms with Crippen LogP contribution < -0.4 is 4.90 Å². The van der Waals surface area contributed by atoms with E-state index in [2.05, 4.69) is 9.88 Å². The van der Waals surface area contributed by atoms with Crippen LogP contribution in [0.25, 0.3) is 11.3 Å². The van der Waals surface area contributed by atoms with E-state index in [4.69, 9.17) is 4.42 Å². The third-order valence-corrected chi connectivity index (χ3v) is 6.26. The van der Waals surface area contributed by atoms with Gasteiger partial charge in [-0.05, 0) is 18.6 Å². The van der Waals surface area contributed by atoms with E-state index in [1.54, 1.807) is 6.26 Å².